The molecule has 2 rings (SSSR count). The van der Waals surface area contributed by atoms with Crippen molar-refractivity contribution in [3.63, 3.8) is 0 Å². The molecular weight excluding hydrogens is 449 g/mol. The number of aliphatic imine (C=N–C) groups is 1. The number of benzene rings is 1. The van der Waals surface area contributed by atoms with E-state index in [9.17, 15) is 0 Å². The van der Waals surface area contributed by atoms with Crippen molar-refractivity contribution in [1.82, 2.24) is 10.6 Å². The van der Waals surface area contributed by atoms with Crippen LogP contribution in [0.5, 0.6) is 0 Å². The highest BCUT2D eigenvalue weighted by atomic mass is 127. The quantitative estimate of drug-likeness (QED) is 0.264. The van der Waals surface area contributed by atoms with Crippen LogP contribution < -0.4 is 10.6 Å². The average molecular weight is 480 g/mol. The van der Waals surface area contributed by atoms with E-state index >= 15 is 0 Å². The number of rotatable bonds is 7. The Morgan fingerprint density at radius 2 is 1.92 bits per heavy atom. The molecule has 142 valence electrons. The van der Waals surface area contributed by atoms with Crippen LogP contribution in [0, 0.1) is 0 Å². The van der Waals surface area contributed by atoms with Gasteiger partial charge in [-0.3, -0.25) is 4.99 Å². The van der Waals surface area contributed by atoms with Gasteiger partial charge in [-0.05, 0) is 30.9 Å². The first-order chi connectivity index (χ1) is 11.7. The molecule has 25 heavy (non-hydrogen) atoms. The second-order valence-corrected chi connectivity index (χ2v) is 6.84. The molecule has 0 atom stereocenters. The number of hydrogen-bond donors (Lipinski definition) is 2. The van der Waals surface area contributed by atoms with Gasteiger partial charge in [0.25, 0.3) is 0 Å². The third-order valence-corrected chi connectivity index (χ3v) is 5.12. The van der Waals surface area contributed by atoms with Crippen LogP contribution in [0.25, 0.3) is 0 Å². The van der Waals surface area contributed by atoms with Crippen molar-refractivity contribution in [2.45, 2.75) is 44.4 Å². The van der Waals surface area contributed by atoms with Crippen molar-refractivity contribution in [3.05, 3.63) is 34.9 Å². The molecule has 0 spiro atoms. The number of unbranched alkanes of at least 4 members (excludes halogenated alkanes) is 2. The molecule has 1 heterocycles. The molecule has 4 nitrogen and oxygen atoms in total. The fourth-order valence-electron chi connectivity index (χ4n) is 3.25. The van der Waals surface area contributed by atoms with Crippen LogP contribution >= 0.6 is 35.6 Å². The lowest BCUT2D eigenvalue weighted by Crippen LogP contribution is -2.48. The van der Waals surface area contributed by atoms with Gasteiger partial charge in [0.2, 0.25) is 0 Å². The first kappa shape index (κ1) is 22.5. The molecule has 0 aromatic heterocycles. The van der Waals surface area contributed by atoms with Gasteiger partial charge in [-0.25, -0.2) is 0 Å². The summed E-state index contributed by atoms with van der Waals surface area (Å²) >= 11 is 6.50. The molecule has 1 aromatic rings. The maximum Gasteiger partial charge on any atom is 0.191 e. The number of nitrogens with one attached hydrogen (secondary N) is 2. The lowest BCUT2D eigenvalue weighted by Gasteiger charge is -2.38. The molecule has 0 amide bonds. The zero-order valence-corrected chi connectivity index (χ0v) is 18.4. The number of nitrogens with zero attached hydrogens (tertiary/aromatic N) is 1. The highest BCUT2D eigenvalue weighted by molar-refractivity contribution is 14.0. The minimum atomic E-state index is -0.00235. The molecule has 1 saturated heterocycles. The Labute approximate surface area is 174 Å². The fraction of sp³-hybridized carbons (Fsp3) is 0.632. The highest BCUT2D eigenvalue weighted by Crippen LogP contribution is 2.38. The van der Waals surface area contributed by atoms with E-state index in [0.717, 1.165) is 50.1 Å². The van der Waals surface area contributed by atoms with Gasteiger partial charge in [-0.15, -0.1) is 24.0 Å². The van der Waals surface area contributed by atoms with E-state index in [1.807, 2.05) is 19.2 Å². The smallest absolute Gasteiger partial charge is 0.191 e. The summed E-state index contributed by atoms with van der Waals surface area (Å²) in [6.45, 7) is 5.53. The van der Waals surface area contributed by atoms with E-state index in [2.05, 4.69) is 34.7 Å². The van der Waals surface area contributed by atoms with Crippen LogP contribution in [0.4, 0.5) is 0 Å². The molecule has 2 N–H and O–H groups in total. The second-order valence-electron chi connectivity index (χ2n) is 6.43. The third-order valence-electron chi connectivity index (χ3n) is 4.79. The van der Waals surface area contributed by atoms with Gasteiger partial charge in [0.05, 0.1) is 0 Å². The monoisotopic (exact) mass is 479 g/mol. The topological polar surface area (TPSA) is 45.7 Å². The van der Waals surface area contributed by atoms with E-state index in [1.54, 1.807) is 0 Å². The van der Waals surface area contributed by atoms with Crippen LogP contribution in [0.15, 0.2) is 29.3 Å². The van der Waals surface area contributed by atoms with Gasteiger partial charge < -0.3 is 15.4 Å². The summed E-state index contributed by atoms with van der Waals surface area (Å²) in [6.07, 6.45) is 5.57. The van der Waals surface area contributed by atoms with E-state index in [0.29, 0.717) is 0 Å². The van der Waals surface area contributed by atoms with E-state index in [1.165, 1.54) is 24.8 Å². The minimum absolute atomic E-state index is 0. The zero-order chi connectivity index (χ0) is 17.3. The van der Waals surface area contributed by atoms with Gasteiger partial charge in [-0.2, -0.15) is 0 Å². The first-order valence-corrected chi connectivity index (χ1v) is 9.37. The number of hydrogen-bond acceptors (Lipinski definition) is 2. The Morgan fingerprint density at radius 3 is 2.56 bits per heavy atom. The predicted molar refractivity (Wildman–Crippen MR) is 117 cm³/mol. The molecule has 0 saturated carbocycles. The molecule has 1 aliphatic heterocycles. The highest BCUT2D eigenvalue weighted by Gasteiger charge is 2.36. The summed E-state index contributed by atoms with van der Waals surface area (Å²) in [4.78, 5) is 4.35. The summed E-state index contributed by atoms with van der Waals surface area (Å²) < 4.78 is 5.59. The van der Waals surface area contributed by atoms with Crippen LogP contribution in [0.2, 0.25) is 5.02 Å². The molecule has 1 aliphatic rings. The van der Waals surface area contributed by atoms with Crippen molar-refractivity contribution < 1.29 is 4.74 Å². The standard InChI is InChI=1S/C19H30ClN3O.HI/c1-3-4-7-12-22-18(21-2)23-15-19(10-13-24-14-11-19)16-8-5-6-9-17(16)20;/h5-6,8-9H,3-4,7,10-15H2,1-2H3,(H2,21,22,23);1H. The van der Waals surface area contributed by atoms with Gasteiger partial charge in [0.15, 0.2) is 5.96 Å². The molecule has 0 bridgehead atoms. The van der Waals surface area contributed by atoms with Crippen molar-refractivity contribution in [3.8, 4) is 0 Å². The first-order valence-electron chi connectivity index (χ1n) is 8.99. The maximum atomic E-state index is 6.50. The van der Waals surface area contributed by atoms with Gasteiger partial charge in [-0.1, -0.05) is 49.6 Å². The largest absolute Gasteiger partial charge is 0.381 e. The van der Waals surface area contributed by atoms with Gasteiger partial charge in [0.1, 0.15) is 0 Å². The van der Waals surface area contributed by atoms with Crippen LogP contribution in [-0.4, -0.2) is 39.3 Å². The Bertz CT molecular complexity index is 533. The van der Waals surface area contributed by atoms with Gasteiger partial charge >= 0.3 is 0 Å². The van der Waals surface area contributed by atoms with Crippen molar-refractivity contribution in [1.29, 1.82) is 0 Å². The van der Waals surface area contributed by atoms with Crippen LogP contribution in [-0.2, 0) is 10.2 Å². The summed E-state index contributed by atoms with van der Waals surface area (Å²) in [5, 5.41) is 7.75. The molecule has 6 heteroatoms. The zero-order valence-electron chi connectivity index (χ0n) is 15.3. The predicted octanol–water partition coefficient (Wildman–Crippen LogP) is 4.36. The van der Waals surface area contributed by atoms with E-state index in [4.69, 9.17) is 16.3 Å². The Balaban J connectivity index is 0.00000312. The summed E-state index contributed by atoms with van der Waals surface area (Å²) in [5.74, 6) is 0.865. The Morgan fingerprint density at radius 1 is 1.20 bits per heavy atom. The normalized spacial score (nSPS) is 16.8. The summed E-state index contributed by atoms with van der Waals surface area (Å²) in [7, 11) is 1.82. The fourth-order valence-corrected chi connectivity index (χ4v) is 3.59. The molecule has 1 aromatic carbocycles. The number of ether oxygens (including phenoxy) is 1. The van der Waals surface area contributed by atoms with Crippen molar-refractivity contribution in [2.24, 2.45) is 4.99 Å². The Kier molecular flexibility index (Phi) is 10.8. The third kappa shape index (κ3) is 6.61. The average Bonchev–Trinajstić information content (AvgIpc) is 2.62. The molecular formula is C19H31ClIN3O. The van der Waals surface area contributed by atoms with Crippen LogP contribution in [0.3, 0.4) is 0 Å². The van der Waals surface area contributed by atoms with Crippen LogP contribution in [0.1, 0.15) is 44.6 Å². The minimum Gasteiger partial charge on any atom is -0.381 e. The lowest BCUT2D eigenvalue weighted by atomic mass is 9.74. The molecule has 0 aliphatic carbocycles. The summed E-state index contributed by atoms with van der Waals surface area (Å²) in [6, 6.07) is 8.18. The van der Waals surface area contributed by atoms with Crippen molar-refractivity contribution in [2.75, 3.05) is 33.4 Å². The van der Waals surface area contributed by atoms with E-state index in [-0.39, 0.29) is 29.4 Å². The molecule has 0 unspecified atom stereocenters. The van der Waals surface area contributed by atoms with E-state index < -0.39 is 0 Å². The van der Waals surface area contributed by atoms with Gasteiger partial charge in [0, 0.05) is 43.8 Å². The molecule has 1 fully saturated rings. The summed E-state index contributed by atoms with van der Waals surface area (Å²) in [5.41, 5.74) is 1.21. The lowest BCUT2D eigenvalue weighted by molar-refractivity contribution is 0.0514. The number of halogens is 2. The second kappa shape index (κ2) is 12.0. The number of guanidine groups is 1. The Hall–Kier alpha value is -0.530. The SMILES string of the molecule is CCCCCNC(=NC)NCC1(c2ccccc2Cl)CCOCC1.I. The van der Waals surface area contributed by atoms with Crippen molar-refractivity contribution >= 4 is 41.5 Å². The molecule has 0 radical (unpaired) electrons. The maximum absolute atomic E-state index is 6.50.